The number of hydrogen-bond donors (Lipinski definition) is 0. The van der Waals surface area contributed by atoms with Crippen molar-refractivity contribution in [1.82, 2.24) is 19.7 Å². The number of thioether (sulfide) groups is 1. The highest BCUT2D eigenvalue weighted by atomic mass is 32.2. The molecule has 0 atom stereocenters. The molecule has 4 rings (SSSR count). The molecule has 0 aliphatic carbocycles. The zero-order chi connectivity index (χ0) is 17.2. The normalized spacial score (nSPS) is 11.1. The Balaban J connectivity index is 1.61. The summed E-state index contributed by atoms with van der Waals surface area (Å²) in [5, 5.41) is 10.2. The number of fused-ring (bicyclic) bond motifs is 1. The number of pyridine rings is 1. The topological polar surface area (TPSA) is 43.6 Å². The quantitative estimate of drug-likeness (QED) is 0.510. The summed E-state index contributed by atoms with van der Waals surface area (Å²) in [6, 6.07) is 16.7. The van der Waals surface area contributed by atoms with E-state index in [9.17, 15) is 4.39 Å². The van der Waals surface area contributed by atoms with Crippen molar-refractivity contribution < 1.29 is 4.39 Å². The number of benzene rings is 2. The van der Waals surface area contributed by atoms with Crippen LogP contribution in [0.4, 0.5) is 4.39 Å². The fourth-order valence-corrected chi connectivity index (χ4v) is 3.64. The second-order valence-electron chi connectivity index (χ2n) is 5.63. The molecule has 2 heterocycles. The average molecular weight is 350 g/mol. The first kappa shape index (κ1) is 15.8. The summed E-state index contributed by atoms with van der Waals surface area (Å²) in [6.07, 6.45) is 1.80. The minimum atomic E-state index is -0.298. The summed E-state index contributed by atoms with van der Waals surface area (Å²) < 4.78 is 15.8. The van der Waals surface area contributed by atoms with Crippen molar-refractivity contribution in [3.05, 3.63) is 72.2 Å². The van der Waals surface area contributed by atoms with Gasteiger partial charge in [0.15, 0.2) is 11.0 Å². The van der Waals surface area contributed by atoms with Crippen molar-refractivity contribution in [2.75, 3.05) is 0 Å². The van der Waals surface area contributed by atoms with Gasteiger partial charge in [-0.25, -0.2) is 4.39 Å². The Morgan fingerprint density at radius 1 is 1.00 bits per heavy atom. The highest BCUT2D eigenvalue weighted by Gasteiger charge is 2.14. The summed E-state index contributed by atoms with van der Waals surface area (Å²) in [6.45, 7) is 0. The highest BCUT2D eigenvalue weighted by molar-refractivity contribution is 7.98. The van der Waals surface area contributed by atoms with Crippen LogP contribution >= 0.6 is 11.8 Å². The van der Waals surface area contributed by atoms with Gasteiger partial charge < -0.3 is 4.57 Å². The molecule has 25 heavy (non-hydrogen) atoms. The van der Waals surface area contributed by atoms with Crippen LogP contribution in [0.25, 0.3) is 22.3 Å². The molecule has 0 radical (unpaired) electrons. The first-order chi connectivity index (χ1) is 12.2. The molecule has 0 fully saturated rings. The van der Waals surface area contributed by atoms with Gasteiger partial charge in [-0.3, -0.25) is 4.98 Å². The summed E-state index contributed by atoms with van der Waals surface area (Å²) in [7, 11) is 1.85. The van der Waals surface area contributed by atoms with Crippen LogP contribution < -0.4 is 0 Å². The maximum atomic E-state index is 14.0. The van der Waals surface area contributed by atoms with E-state index in [2.05, 4.69) is 33.4 Å². The lowest BCUT2D eigenvalue weighted by molar-refractivity contribution is 0.628. The predicted molar refractivity (Wildman–Crippen MR) is 97.7 cm³/mol. The molecule has 0 aliphatic heterocycles. The largest absolute Gasteiger partial charge is 0.305 e. The van der Waals surface area contributed by atoms with E-state index < -0.39 is 0 Å². The maximum Gasteiger partial charge on any atom is 0.191 e. The highest BCUT2D eigenvalue weighted by Crippen LogP contribution is 2.28. The molecule has 0 aliphatic rings. The molecule has 2 aromatic carbocycles. The van der Waals surface area contributed by atoms with Crippen LogP contribution in [0, 0.1) is 5.82 Å². The molecule has 0 saturated heterocycles. The van der Waals surface area contributed by atoms with Crippen LogP contribution in [0.5, 0.6) is 0 Å². The lowest BCUT2D eigenvalue weighted by atomic mass is 10.1. The number of hydrogen-bond acceptors (Lipinski definition) is 4. The lowest BCUT2D eigenvalue weighted by Crippen LogP contribution is -1.97. The Hall–Kier alpha value is -2.73. The average Bonchev–Trinajstić information content (AvgIpc) is 3.01. The van der Waals surface area contributed by atoms with Crippen LogP contribution in [0.3, 0.4) is 0 Å². The molecule has 0 saturated carbocycles. The van der Waals surface area contributed by atoms with Gasteiger partial charge in [0.05, 0.1) is 11.1 Å². The Labute approximate surface area is 148 Å². The monoisotopic (exact) mass is 350 g/mol. The molecule has 0 spiro atoms. The first-order valence-corrected chi connectivity index (χ1v) is 8.82. The third-order valence-electron chi connectivity index (χ3n) is 4.02. The molecule has 0 N–H and O–H groups in total. The molecular weight excluding hydrogens is 335 g/mol. The Morgan fingerprint density at radius 2 is 1.84 bits per heavy atom. The van der Waals surface area contributed by atoms with E-state index in [-0.39, 0.29) is 5.82 Å². The fourth-order valence-electron chi connectivity index (χ4n) is 2.74. The van der Waals surface area contributed by atoms with E-state index in [1.807, 2.05) is 23.7 Å². The Morgan fingerprint density at radius 3 is 2.72 bits per heavy atom. The maximum absolute atomic E-state index is 14.0. The van der Waals surface area contributed by atoms with Crippen LogP contribution in [-0.4, -0.2) is 19.7 Å². The number of para-hydroxylation sites is 1. The van der Waals surface area contributed by atoms with Crippen LogP contribution in [0.1, 0.15) is 5.56 Å². The van der Waals surface area contributed by atoms with E-state index in [0.717, 1.165) is 27.4 Å². The van der Waals surface area contributed by atoms with Gasteiger partial charge in [-0.2, -0.15) is 0 Å². The SMILES string of the molecule is Cn1c(SCc2cccc3cccnc23)nnc1-c1ccccc1F. The Bertz CT molecular complexity index is 1040. The van der Waals surface area contributed by atoms with Crippen LogP contribution in [0.15, 0.2) is 66.0 Å². The number of aromatic nitrogens is 4. The summed E-state index contributed by atoms with van der Waals surface area (Å²) in [5.74, 6) is 0.946. The first-order valence-electron chi connectivity index (χ1n) is 7.84. The third-order valence-corrected chi connectivity index (χ3v) is 5.09. The summed E-state index contributed by atoms with van der Waals surface area (Å²) in [4.78, 5) is 4.47. The molecule has 4 aromatic rings. The van der Waals surface area contributed by atoms with E-state index in [1.165, 1.54) is 6.07 Å². The molecule has 0 amide bonds. The number of nitrogens with zero attached hydrogens (tertiary/aromatic N) is 4. The molecule has 6 heteroatoms. The van der Waals surface area contributed by atoms with Gasteiger partial charge in [-0.1, -0.05) is 48.2 Å². The zero-order valence-corrected chi connectivity index (χ0v) is 14.4. The molecular formula is C19H15FN4S. The van der Waals surface area contributed by atoms with E-state index in [1.54, 1.807) is 36.2 Å². The molecule has 2 aromatic heterocycles. The van der Waals surface area contributed by atoms with Crippen LogP contribution in [0.2, 0.25) is 0 Å². The van der Waals surface area contributed by atoms with Gasteiger partial charge in [0.25, 0.3) is 0 Å². The smallest absolute Gasteiger partial charge is 0.191 e. The van der Waals surface area contributed by atoms with Crippen molar-refractivity contribution >= 4 is 22.7 Å². The van der Waals surface area contributed by atoms with Gasteiger partial charge in [0.1, 0.15) is 5.82 Å². The van der Waals surface area contributed by atoms with Gasteiger partial charge in [0.2, 0.25) is 0 Å². The van der Waals surface area contributed by atoms with Crippen molar-refractivity contribution in [3.63, 3.8) is 0 Å². The predicted octanol–water partition coefficient (Wildman–Crippen LogP) is 4.46. The minimum absolute atomic E-state index is 0.298. The molecule has 124 valence electrons. The van der Waals surface area contributed by atoms with Gasteiger partial charge in [0, 0.05) is 24.4 Å². The van der Waals surface area contributed by atoms with Crippen LogP contribution in [-0.2, 0) is 12.8 Å². The zero-order valence-electron chi connectivity index (χ0n) is 13.6. The van der Waals surface area contributed by atoms with E-state index in [4.69, 9.17) is 0 Å². The van der Waals surface area contributed by atoms with Crippen molar-refractivity contribution in [2.24, 2.45) is 7.05 Å². The molecule has 4 nitrogen and oxygen atoms in total. The minimum Gasteiger partial charge on any atom is -0.305 e. The van der Waals surface area contributed by atoms with Crippen molar-refractivity contribution in [2.45, 2.75) is 10.9 Å². The summed E-state index contributed by atoms with van der Waals surface area (Å²) in [5.41, 5.74) is 2.59. The second-order valence-corrected chi connectivity index (χ2v) is 6.57. The van der Waals surface area contributed by atoms with Gasteiger partial charge in [-0.05, 0) is 23.8 Å². The number of halogens is 1. The molecule has 0 bridgehead atoms. The summed E-state index contributed by atoms with van der Waals surface area (Å²) >= 11 is 1.56. The number of rotatable bonds is 4. The van der Waals surface area contributed by atoms with E-state index in [0.29, 0.717) is 11.4 Å². The van der Waals surface area contributed by atoms with Gasteiger partial charge in [-0.15, -0.1) is 10.2 Å². The second kappa shape index (κ2) is 6.64. The van der Waals surface area contributed by atoms with Gasteiger partial charge >= 0.3 is 0 Å². The van der Waals surface area contributed by atoms with Crippen molar-refractivity contribution in [3.8, 4) is 11.4 Å². The van der Waals surface area contributed by atoms with E-state index >= 15 is 0 Å². The van der Waals surface area contributed by atoms with Crippen molar-refractivity contribution in [1.29, 1.82) is 0 Å². The lowest BCUT2D eigenvalue weighted by Gasteiger charge is -2.06. The standard InChI is InChI=1S/C19H15FN4S/c1-24-18(15-9-2-3-10-16(15)20)22-23-19(24)25-12-14-7-4-6-13-8-5-11-21-17(13)14/h2-11H,12H2,1H3. The Kier molecular flexibility index (Phi) is 4.19. The third kappa shape index (κ3) is 3.00. The fraction of sp³-hybridized carbons (Fsp3) is 0.105. The molecule has 0 unspecified atom stereocenters.